The zero-order valence-corrected chi connectivity index (χ0v) is 15.1. The fraction of sp³-hybridized carbons (Fsp3) is 0.625. The molecular formula is C16H24N4O6. The van der Waals surface area contributed by atoms with Crippen molar-refractivity contribution in [2.75, 3.05) is 12.4 Å². The van der Waals surface area contributed by atoms with E-state index in [9.17, 15) is 19.5 Å². The van der Waals surface area contributed by atoms with Crippen molar-refractivity contribution in [2.24, 2.45) is 0 Å². The standard InChI is InChI=1S/C16H24N4O6/c1-5-10-12(22)13(25-8(2)14(23)17-4)15(26-10)20-7-6-11(18-9(3)21)19-16(20)24/h6-8,10,12-13,15,22H,5H2,1-4H3,(H,17,23)(H,18,19,21,24)/t8?,10-,12+,13?,15-/m1/s1. The summed E-state index contributed by atoms with van der Waals surface area (Å²) in [4.78, 5) is 38.9. The largest absolute Gasteiger partial charge is 0.388 e. The van der Waals surface area contributed by atoms with Crippen LogP contribution in [-0.2, 0) is 19.1 Å². The first-order valence-corrected chi connectivity index (χ1v) is 8.35. The molecule has 1 aromatic rings. The molecule has 0 saturated carbocycles. The molecule has 2 unspecified atom stereocenters. The molecule has 10 nitrogen and oxygen atoms in total. The number of aliphatic hydroxyl groups is 1. The summed E-state index contributed by atoms with van der Waals surface area (Å²) in [5.74, 6) is -0.600. The molecule has 2 heterocycles. The zero-order chi connectivity index (χ0) is 19.4. The first-order chi connectivity index (χ1) is 12.3. The second kappa shape index (κ2) is 8.39. The molecule has 3 N–H and O–H groups in total. The van der Waals surface area contributed by atoms with Gasteiger partial charge in [0.15, 0.2) is 6.23 Å². The lowest BCUT2D eigenvalue weighted by atomic mass is 10.1. The number of nitrogens with one attached hydrogen (secondary N) is 2. The van der Waals surface area contributed by atoms with E-state index < -0.39 is 36.3 Å². The number of carbonyl (C=O) groups is 2. The number of carbonyl (C=O) groups excluding carboxylic acids is 2. The number of ether oxygens (including phenoxy) is 2. The molecule has 26 heavy (non-hydrogen) atoms. The average Bonchev–Trinajstić information content (AvgIpc) is 2.89. The molecule has 1 aliphatic rings. The maximum absolute atomic E-state index is 12.3. The van der Waals surface area contributed by atoms with Gasteiger partial charge in [0.05, 0.1) is 6.10 Å². The predicted octanol–water partition coefficient (Wildman–Crippen LogP) is -0.610. The molecule has 0 radical (unpaired) electrons. The van der Waals surface area contributed by atoms with Crippen molar-refractivity contribution < 1.29 is 24.2 Å². The van der Waals surface area contributed by atoms with Gasteiger partial charge in [-0.2, -0.15) is 4.98 Å². The minimum atomic E-state index is -1.01. The van der Waals surface area contributed by atoms with E-state index >= 15 is 0 Å². The molecule has 1 saturated heterocycles. The fourth-order valence-electron chi connectivity index (χ4n) is 2.78. The second-order valence-corrected chi connectivity index (χ2v) is 6.00. The molecule has 1 aromatic heterocycles. The summed E-state index contributed by atoms with van der Waals surface area (Å²) in [6.45, 7) is 4.68. The Hall–Kier alpha value is -2.30. The number of aromatic nitrogens is 2. The van der Waals surface area contributed by atoms with Crippen LogP contribution < -0.4 is 16.3 Å². The first-order valence-electron chi connectivity index (χ1n) is 8.35. The molecule has 10 heteroatoms. The van der Waals surface area contributed by atoms with Crippen molar-refractivity contribution >= 4 is 17.6 Å². The van der Waals surface area contributed by atoms with Crippen LogP contribution in [-0.4, -0.2) is 57.9 Å². The molecule has 0 bridgehead atoms. The predicted molar refractivity (Wildman–Crippen MR) is 91.4 cm³/mol. The highest BCUT2D eigenvalue weighted by Gasteiger charge is 2.46. The van der Waals surface area contributed by atoms with Gasteiger partial charge < -0.3 is 25.2 Å². The van der Waals surface area contributed by atoms with Crippen LogP contribution in [0.25, 0.3) is 0 Å². The minimum absolute atomic E-state index is 0.112. The van der Waals surface area contributed by atoms with Gasteiger partial charge in [0.25, 0.3) is 0 Å². The molecular weight excluding hydrogens is 344 g/mol. The van der Waals surface area contributed by atoms with Gasteiger partial charge in [0.1, 0.15) is 24.1 Å². The monoisotopic (exact) mass is 368 g/mol. The van der Waals surface area contributed by atoms with Crippen LogP contribution in [0.15, 0.2) is 17.1 Å². The summed E-state index contributed by atoms with van der Waals surface area (Å²) >= 11 is 0. The molecule has 5 atom stereocenters. The van der Waals surface area contributed by atoms with Gasteiger partial charge in [0.2, 0.25) is 11.8 Å². The third-order valence-electron chi connectivity index (χ3n) is 4.10. The summed E-state index contributed by atoms with van der Waals surface area (Å²) < 4.78 is 12.6. The normalized spacial score (nSPS) is 26.3. The van der Waals surface area contributed by atoms with E-state index in [2.05, 4.69) is 15.6 Å². The SMILES string of the molecule is CC[C@H]1O[C@@H](n2ccc(NC(C)=O)nc2=O)C(OC(C)C(=O)NC)[C@H]1O. The van der Waals surface area contributed by atoms with Crippen LogP contribution in [0.2, 0.25) is 0 Å². The Balaban J connectivity index is 2.30. The van der Waals surface area contributed by atoms with Gasteiger partial charge in [-0.25, -0.2) is 4.79 Å². The highest BCUT2D eigenvalue weighted by atomic mass is 16.6. The van der Waals surface area contributed by atoms with Gasteiger partial charge in [0, 0.05) is 20.2 Å². The Morgan fingerprint density at radius 2 is 2.19 bits per heavy atom. The Labute approximate surface area is 150 Å². The lowest BCUT2D eigenvalue weighted by Gasteiger charge is -2.25. The van der Waals surface area contributed by atoms with Crippen LogP contribution in [0, 0.1) is 0 Å². The highest BCUT2D eigenvalue weighted by Crippen LogP contribution is 2.33. The third-order valence-corrected chi connectivity index (χ3v) is 4.10. The molecule has 2 rings (SSSR count). The maximum atomic E-state index is 12.3. The smallest absolute Gasteiger partial charge is 0.351 e. The van der Waals surface area contributed by atoms with Crippen molar-refractivity contribution in [2.45, 2.75) is 57.8 Å². The molecule has 2 amide bonds. The number of anilines is 1. The summed E-state index contributed by atoms with van der Waals surface area (Å²) in [5.41, 5.74) is -0.675. The molecule has 0 aromatic carbocycles. The number of nitrogens with zero attached hydrogens (tertiary/aromatic N) is 2. The van der Waals surface area contributed by atoms with Crippen molar-refractivity contribution in [3.8, 4) is 0 Å². The number of likely N-dealkylation sites (N-methyl/N-ethyl adjacent to an activating group) is 1. The fourth-order valence-corrected chi connectivity index (χ4v) is 2.78. The van der Waals surface area contributed by atoms with E-state index in [0.29, 0.717) is 6.42 Å². The first kappa shape index (κ1) is 20.0. The van der Waals surface area contributed by atoms with Crippen molar-refractivity contribution in [1.82, 2.24) is 14.9 Å². The van der Waals surface area contributed by atoms with Gasteiger partial charge in [-0.3, -0.25) is 14.2 Å². The lowest BCUT2D eigenvalue weighted by Crippen LogP contribution is -2.43. The highest BCUT2D eigenvalue weighted by molar-refractivity contribution is 5.87. The number of hydrogen-bond acceptors (Lipinski definition) is 7. The topological polar surface area (TPSA) is 132 Å². The number of amides is 2. The summed E-state index contributed by atoms with van der Waals surface area (Å²) in [5, 5.41) is 15.4. The van der Waals surface area contributed by atoms with Gasteiger partial charge >= 0.3 is 5.69 Å². The van der Waals surface area contributed by atoms with E-state index in [-0.39, 0.29) is 17.6 Å². The number of rotatable bonds is 6. The van der Waals surface area contributed by atoms with Crippen molar-refractivity contribution in [3.63, 3.8) is 0 Å². The summed E-state index contributed by atoms with van der Waals surface area (Å²) in [7, 11) is 1.48. The lowest BCUT2D eigenvalue weighted by molar-refractivity contribution is -0.144. The van der Waals surface area contributed by atoms with Crippen LogP contribution >= 0.6 is 0 Å². The van der Waals surface area contributed by atoms with E-state index in [4.69, 9.17) is 9.47 Å². The minimum Gasteiger partial charge on any atom is -0.388 e. The van der Waals surface area contributed by atoms with E-state index in [1.54, 1.807) is 6.92 Å². The van der Waals surface area contributed by atoms with Crippen LogP contribution in [0.4, 0.5) is 5.82 Å². The summed E-state index contributed by atoms with van der Waals surface area (Å²) in [6.07, 6.45) is -2.40. The number of aliphatic hydroxyl groups excluding tert-OH is 1. The van der Waals surface area contributed by atoms with E-state index in [0.717, 1.165) is 0 Å². The second-order valence-electron chi connectivity index (χ2n) is 6.00. The van der Waals surface area contributed by atoms with Gasteiger partial charge in [-0.05, 0) is 19.4 Å². The Kier molecular flexibility index (Phi) is 6.46. The molecule has 1 aliphatic heterocycles. The third kappa shape index (κ3) is 4.26. The average molecular weight is 368 g/mol. The number of hydrogen-bond donors (Lipinski definition) is 3. The van der Waals surface area contributed by atoms with Crippen molar-refractivity contribution in [3.05, 3.63) is 22.7 Å². The van der Waals surface area contributed by atoms with Crippen LogP contribution in [0.3, 0.4) is 0 Å². The Morgan fingerprint density at radius 1 is 1.50 bits per heavy atom. The quantitative estimate of drug-likeness (QED) is 0.610. The van der Waals surface area contributed by atoms with E-state index in [1.165, 1.54) is 30.8 Å². The molecule has 144 valence electrons. The van der Waals surface area contributed by atoms with Gasteiger partial charge in [-0.15, -0.1) is 0 Å². The maximum Gasteiger partial charge on any atom is 0.351 e. The molecule has 0 aliphatic carbocycles. The summed E-state index contributed by atoms with van der Waals surface area (Å²) in [6, 6.07) is 1.44. The van der Waals surface area contributed by atoms with Crippen molar-refractivity contribution in [1.29, 1.82) is 0 Å². The molecule has 1 fully saturated rings. The molecule has 0 spiro atoms. The Morgan fingerprint density at radius 3 is 2.73 bits per heavy atom. The Bertz CT molecular complexity index is 721. The van der Waals surface area contributed by atoms with Crippen LogP contribution in [0.5, 0.6) is 0 Å². The van der Waals surface area contributed by atoms with E-state index in [1.807, 2.05) is 6.92 Å². The van der Waals surface area contributed by atoms with Crippen LogP contribution in [0.1, 0.15) is 33.4 Å². The van der Waals surface area contributed by atoms with Gasteiger partial charge in [-0.1, -0.05) is 6.92 Å². The zero-order valence-electron chi connectivity index (χ0n) is 15.1.